The molecule has 2 aliphatic rings. The Kier molecular flexibility index (Phi) is 5.54. The van der Waals surface area contributed by atoms with Crippen molar-refractivity contribution in [2.24, 2.45) is 15.6 Å². The largest absolute Gasteiger partial charge is 0.494 e. The third-order valence-corrected chi connectivity index (χ3v) is 7.77. The second kappa shape index (κ2) is 8.52. The molecule has 33 heavy (non-hydrogen) atoms. The Bertz CT molecular complexity index is 1280. The van der Waals surface area contributed by atoms with Gasteiger partial charge in [0.05, 0.1) is 23.5 Å². The molecule has 0 radical (unpaired) electrons. The number of carbonyl (C=O) groups excluding carboxylic acids is 1. The normalized spacial score (nSPS) is 24.4. The molecular weight excluding hydrogens is 432 g/mol. The van der Waals surface area contributed by atoms with Crippen LogP contribution in [0.1, 0.15) is 39.4 Å². The summed E-state index contributed by atoms with van der Waals surface area (Å²) >= 11 is 1.29. The molecule has 5 nitrogen and oxygen atoms in total. The second-order valence-corrected chi connectivity index (χ2v) is 9.44. The fourth-order valence-corrected chi connectivity index (χ4v) is 6.26. The predicted octanol–water partition coefficient (Wildman–Crippen LogP) is 6.17. The second-order valence-electron chi connectivity index (χ2n) is 8.43. The molecule has 0 aromatic heterocycles. The van der Waals surface area contributed by atoms with Crippen LogP contribution in [-0.2, 0) is 6.42 Å². The van der Waals surface area contributed by atoms with Crippen LogP contribution in [-0.4, -0.2) is 28.2 Å². The molecular formula is C27H24N2O3S. The summed E-state index contributed by atoms with van der Waals surface area (Å²) in [5.41, 5.74) is 3.54. The van der Waals surface area contributed by atoms with E-state index in [1.165, 1.54) is 11.8 Å². The average molecular weight is 457 g/mol. The van der Waals surface area contributed by atoms with Gasteiger partial charge in [-0.25, -0.2) is 4.99 Å². The number of ether oxygens (including phenoxy) is 1. The highest BCUT2D eigenvalue weighted by atomic mass is 32.2. The third-order valence-electron chi connectivity index (χ3n) is 6.59. The molecule has 1 aliphatic heterocycles. The minimum absolute atomic E-state index is 0.0229. The fourth-order valence-electron chi connectivity index (χ4n) is 4.93. The lowest BCUT2D eigenvalue weighted by molar-refractivity contribution is 0.0843. The van der Waals surface area contributed by atoms with Crippen molar-refractivity contribution in [3.63, 3.8) is 0 Å². The van der Waals surface area contributed by atoms with E-state index in [4.69, 9.17) is 9.73 Å². The molecule has 1 saturated heterocycles. The Hall–Kier alpha value is -3.38. The number of thioether (sulfide) groups is 1. The number of aliphatic imine (C=N–C) groups is 1. The number of aryl methyl sites for hydroxylation is 2. The number of oxime groups is 1. The smallest absolute Gasteiger partial charge is 0.176 e. The molecule has 1 heterocycles. The van der Waals surface area contributed by atoms with Crippen molar-refractivity contribution < 1.29 is 14.7 Å². The number of benzene rings is 3. The van der Waals surface area contributed by atoms with Crippen LogP contribution in [0.15, 0.2) is 82.9 Å². The summed E-state index contributed by atoms with van der Waals surface area (Å²) in [5, 5.41) is 14.8. The van der Waals surface area contributed by atoms with E-state index in [2.05, 4.69) is 5.16 Å². The quantitative estimate of drug-likeness (QED) is 0.378. The molecule has 3 aromatic rings. The Labute approximate surface area is 197 Å². The number of hydrogen-bond donors (Lipinski definition) is 1. The first kappa shape index (κ1) is 21.5. The zero-order valence-electron chi connectivity index (χ0n) is 18.5. The summed E-state index contributed by atoms with van der Waals surface area (Å²) in [7, 11) is 1.61. The number of hydrogen-bond acceptors (Lipinski definition) is 6. The molecule has 1 N–H and O–H groups in total. The van der Waals surface area contributed by atoms with E-state index in [0.29, 0.717) is 33.5 Å². The number of nitrogens with zero attached hydrogens (tertiary/aromatic N) is 2. The zero-order chi connectivity index (χ0) is 23.0. The van der Waals surface area contributed by atoms with E-state index < -0.39 is 11.3 Å². The van der Waals surface area contributed by atoms with Crippen molar-refractivity contribution in [2.75, 3.05) is 7.11 Å². The molecule has 3 aromatic carbocycles. The summed E-state index contributed by atoms with van der Waals surface area (Å²) in [6.45, 7) is 2.03. The van der Waals surface area contributed by atoms with Gasteiger partial charge in [0.1, 0.15) is 16.5 Å². The number of fused-ring (bicyclic) bond motifs is 1. The van der Waals surface area contributed by atoms with E-state index in [1.807, 2.05) is 79.7 Å². The minimum atomic E-state index is -0.948. The van der Waals surface area contributed by atoms with Gasteiger partial charge < -0.3 is 9.94 Å². The van der Waals surface area contributed by atoms with Gasteiger partial charge >= 0.3 is 0 Å². The van der Waals surface area contributed by atoms with Crippen molar-refractivity contribution in [3.05, 3.63) is 95.1 Å². The fraction of sp³-hybridized carbons (Fsp3) is 0.222. The number of carbonyl (C=O) groups is 1. The Morgan fingerprint density at radius 1 is 1.03 bits per heavy atom. The lowest BCUT2D eigenvalue weighted by atomic mass is 9.62. The van der Waals surface area contributed by atoms with Crippen molar-refractivity contribution in [1.82, 2.24) is 0 Å². The maximum atomic E-state index is 14.2. The van der Waals surface area contributed by atoms with Crippen molar-refractivity contribution >= 4 is 33.3 Å². The molecule has 0 unspecified atom stereocenters. The summed E-state index contributed by atoms with van der Waals surface area (Å²) in [6, 6.07) is 23.4. The third kappa shape index (κ3) is 3.45. The first-order valence-corrected chi connectivity index (χ1v) is 11.7. The number of ketones is 1. The maximum Gasteiger partial charge on any atom is 0.176 e. The highest BCUT2D eigenvalue weighted by Crippen LogP contribution is 2.57. The SMILES string of the molecule is COc1ccccc1N=C1S/C(=N\O)[C@H](c2ccc(C)cc2)[C@]12CCc1ccccc1C2=O. The van der Waals surface area contributed by atoms with Crippen LogP contribution in [0, 0.1) is 12.3 Å². The molecule has 0 saturated carbocycles. The van der Waals surface area contributed by atoms with Gasteiger partial charge in [-0.15, -0.1) is 0 Å². The highest BCUT2D eigenvalue weighted by molar-refractivity contribution is 8.27. The van der Waals surface area contributed by atoms with E-state index in [9.17, 15) is 10.0 Å². The van der Waals surface area contributed by atoms with Gasteiger partial charge in [0.15, 0.2) is 5.78 Å². The number of methoxy groups -OCH3 is 1. The standard InChI is InChI=1S/C27H24N2O3S/c1-17-11-13-19(14-12-17)23-25(29-31)33-26(28-21-9-5-6-10-22(21)32-2)27(23)16-15-18-7-3-4-8-20(18)24(27)30/h3-14,23,31H,15-16H2,1-2H3/b28-26?,29-25-/t23-,27-/m0/s1. The van der Waals surface area contributed by atoms with Crippen molar-refractivity contribution in [3.8, 4) is 5.75 Å². The van der Waals surface area contributed by atoms with E-state index in [1.54, 1.807) is 7.11 Å². The molecule has 2 atom stereocenters. The molecule has 1 spiro atoms. The van der Waals surface area contributed by atoms with E-state index in [-0.39, 0.29) is 5.78 Å². The Balaban J connectivity index is 1.76. The van der Waals surface area contributed by atoms with Crippen LogP contribution >= 0.6 is 11.8 Å². The molecule has 0 bridgehead atoms. The molecule has 0 amide bonds. The molecule has 1 aliphatic carbocycles. The van der Waals surface area contributed by atoms with Gasteiger partial charge in [0, 0.05) is 5.56 Å². The monoisotopic (exact) mass is 456 g/mol. The van der Waals surface area contributed by atoms with Gasteiger partial charge in [0.25, 0.3) is 0 Å². The van der Waals surface area contributed by atoms with Crippen LogP contribution < -0.4 is 4.74 Å². The van der Waals surface area contributed by atoms with E-state index >= 15 is 0 Å². The first-order chi connectivity index (χ1) is 16.1. The average Bonchev–Trinajstić information content (AvgIpc) is 3.16. The summed E-state index contributed by atoms with van der Waals surface area (Å²) in [6.07, 6.45) is 1.33. The van der Waals surface area contributed by atoms with Gasteiger partial charge in [-0.1, -0.05) is 83.1 Å². The van der Waals surface area contributed by atoms with E-state index in [0.717, 1.165) is 23.1 Å². The van der Waals surface area contributed by atoms with Gasteiger partial charge in [-0.05, 0) is 43.0 Å². The number of para-hydroxylation sites is 2. The van der Waals surface area contributed by atoms with Crippen LogP contribution in [0.5, 0.6) is 5.75 Å². The van der Waals surface area contributed by atoms with Crippen molar-refractivity contribution in [1.29, 1.82) is 0 Å². The van der Waals surface area contributed by atoms with Gasteiger partial charge in [0.2, 0.25) is 0 Å². The maximum absolute atomic E-state index is 14.2. The lowest BCUT2D eigenvalue weighted by Crippen LogP contribution is -2.44. The predicted molar refractivity (Wildman–Crippen MR) is 132 cm³/mol. The molecule has 6 heteroatoms. The Morgan fingerprint density at radius 2 is 1.76 bits per heavy atom. The molecule has 1 fully saturated rings. The van der Waals surface area contributed by atoms with Crippen LogP contribution in [0.4, 0.5) is 5.69 Å². The van der Waals surface area contributed by atoms with Gasteiger partial charge in [-0.3, -0.25) is 4.79 Å². The molecule has 166 valence electrons. The van der Waals surface area contributed by atoms with Crippen molar-refractivity contribution in [2.45, 2.75) is 25.7 Å². The summed E-state index contributed by atoms with van der Waals surface area (Å²) in [5.74, 6) is 0.239. The van der Waals surface area contributed by atoms with Crippen LogP contribution in [0.3, 0.4) is 0 Å². The topological polar surface area (TPSA) is 71.2 Å². The van der Waals surface area contributed by atoms with Crippen LogP contribution in [0.25, 0.3) is 0 Å². The molecule has 5 rings (SSSR count). The summed E-state index contributed by atoms with van der Waals surface area (Å²) < 4.78 is 5.51. The minimum Gasteiger partial charge on any atom is -0.494 e. The van der Waals surface area contributed by atoms with Crippen LogP contribution in [0.2, 0.25) is 0 Å². The Morgan fingerprint density at radius 3 is 2.52 bits per heavy atom. The first-order valence-electron chi connectivity index (χ1n) is 10.9. The number of Topliss-reactive ketones (excluding diaryl/α,β-unsaturated/α-hetero) is 1. The van der Waals surface area contributed by atoms with Gasteiger partial charge in [-0.2, -0.15) is 0 Å². The number of rotatable bonds is 3. The zero-order valence-corrected chi connectivity index (χ0v) is 19.3. The highest BCUT2D eigenvalue weighted by Gasteiger charge is 2.59. The summed E-state index contributed by atoms with van der Waals surface area (Å²) in [4.78, 5) is 19.2. The lowest BCUT2D eigenvalue weighted by Gasteiger charge is -2.37.